The van der Waals surface area contributed by atoms with E-state index >= 15 is 0 Å². The molecule has 1 aromatic carbocycles. The summed E-state index contributed by atoms with van der Waals surface area (Å²) in [5.41, 5.74) is 0.586. The Balaban J connectivity index is 1.77. The second kappa shape index (κ2) is 8.99. The summed E-state index contributed by atoms with van der Waals surface area (Å²) in [5, 5.41) is 12.8. The molecule has 28 heavy (non-hydrogen) atoms. The molecule has 0 saturated carbocycles. The van der Waals surface area contributed by atoms with Crippen LogP contribution in [-0.4, -0.2) is 51.3 Å². The van der Waals surface area contributed by atoms with Crippen LogP contribution in [-0.2, 0) is 5.54 Å². The molecule has 154 valence electrons. The zero-order chi connectivity index (χ0) is 20.1. The first-order valence-corrected chi connectivity index (χ1v) is 10.5. The third-order valence-corrected chi connectivity index (χ3v) is 6.01. The molecule has 7 heteroatoms. The largest absolute Gasteiger partial charge is 0.367 e. The van der Waals surface area contributed by atoms with E-state index in [-0.39, 0.29) is 17.4 Å². The van der Waals surface area contributed by atoms with Crippen LogP contribution in [0.25, 0.3) is 0 Å². The molecule has 0 unspecified atom stereocenters. The molecule has 1 aromatic heterocycles. The molecule has 1 aliphatic heterocycles. The number of nitrogens with zero attached hydrogens (tertiary/aromatic N) is 6. The van der Waals surface area contributed by atoms with Crippen molar-refractivity contribution in [3.63, 3.8) is 0 Å². The van der Waals surface area contributed by atoms with Crippen LogP contribution in [0.5, 0.6) is 0 Å². The third-order valence-electron chi connectivity index (χ3n) is 6.01. The fourth-order valence-corrected chi connectivity index (χ4v) is 3.84. The Morgan fingerprint density at radius 3 is 2.46 bits per heavy atom. The van der Waals surface area contributed by atoms with Gasteiger partial charge in [0.05, 0.1) is 17.3 Å². The zero-order valence-corrected chi connectivity index (χ0v) is 17.6. The average Bonchev–Trinajstić information content (AvgIpc) is 3.20. The third kappa shape index (κ3) is 4.35. The van der Waals surface area contributed by atoms with Gasteiger partial charge in [-0.05, 0) is 49.2 Å². The van der Waals surface area contributed by atoms with E-state index in [0.29, 0.717) is 5.69 Å². The Kier molecular flexibility index (Phi) is 6.65. The van der Waals surface area contributed by atoms with E-state index in [2.05, 4.69) is 53.0 Å². The molecule has 0 aliphatic carbocycles. The monoisotopic (exact) mass is 388 g/mol. The Morgan fingerprint density at radius 2 is 1.82 bits per heavy atom. The maximum Gasteiger partial charge on any atom is 0.168 e. The van der Waals surface area contributed by atoms with Crippen LogP contribution < -0.4 is 4.90 Å². The standard InChI is InChI=1S/C21H33FN6/c1-5-7-11-19(20-23-24-25-28(20)21(3,4)6-2)27-15-13-26(14-16-27)18-12-9-8-10-17(18)22/h8-10,12,19H,5-7,11,13-16H2,1-4H3/t19-/m1/s1. The number of halogens is 1. The van der Waals surface area contributed by atoms with E-state index in [4.69, 9.17) is 0 Å². The molecule has 1 atom stereocenters. The lowest BCUT2D eigenvalue weighted by atomic mass is 10.00. The fourth-order valence-electron chi connectivity index (χ4n) is 3.84. The molecule has 1 fully saturated rings. The maximum absolute atomic E-state index is 14.2. The van der Waals surface area contributed by atoms with Gasteiger partial charge >= 0.3 is 0 Å². The van der Waals surface area contributed by atoms with Gasteiger partial charge in [-0.15, -0.1) is 5.10 Å². The van der Waals surface area contributed by atoms with Crippen LogP contribution >= 0.6 is 0 Å². The van der Waals surface area contributed by atoms with E-state index in [0.717, 1.165) is 57.7 Å². The van der Waals surface area contributed by atoms with E-state index < -0.39 is 0 Å². The summed E-state index contributed by atoms with van der Waals surface area (Å²) in [7, 11) is 0. The van der Waals surface area contributed by atoms with Crippen molar-refractivity contribution in [1.82, 2.24) is 25.1 Å². The molecule has 0 spiro atoms. The SMILES string of the molecule is CCCC[C@H](c1nnnn1C(C)(C)CC)N1CCN(c2ccccc2F)CC1. The summed E-state index contributed by atoms with van der Waals surface area (Å²) in [6.45, 7) is 12.1. The van der Waals surface area contributed by atoms with Gasteiger partial charge in [-0.3, -0.25) is 4.90 Å². The maximum atomic E-state index is 14.2. The number of aromatic nitrogens is 4. The van der Waals surface area contributed by atoms with E-state index in [1.165, 1.54) is 6.07 Å². The second-order valence-electron chi connectivity index (χ2n) is 8.25. The summed E-state index contributed by atoms with van der Waals surface area (Å²) in [5.74, 6) is 0.812. The Labute approximate surface area is 167 Å². The number of tetrazole rings is 1. The predicted molar refractivity (Wildman–Crippen MR) is 110 cm³/mol. The van der Waals surface area contributed by atoms with Gasteiger partial charge < -0.3 is 4.90 Å². The second-order valence-corrected chi connectivity index (χ2v) is 8.25. The van der Waals surface area contributed by atoms with Crippen LogP contribution in [0.3, 0.4) is 0 Å². The lowest BCUT2D eigenvalue weighted by molar-refractivity contribution is 0.152. The van der Waals surface area contributed by atoms with Gasteiger partial charge in [-0.2, -0.15) is 0 Å². The molecule has 0 N–H and O–H groups in total. The van der Waals surface area contributed by atoms with Crippen molar-refractivity contribution in [1.29, 1.82) is 0 Å². The summed E-state index contributed by atoms with van der Waals surface area (Å²) >= 11 is 0. The highest BCUT2D eigenvalue weighted by atomic mass is 19.1. The van der Waals surface area contributed by atoms with E-state index in [9.17, 15) is 4.39 Å². The first-order chi connectivity index (χ1) is 13.5. The van der Waals surface area contributed by atoms with Crippen molar-refractivity contribution < 1.29 is 4.39 Å². The number of hydrogen-bond acceptors (Lipinski definition) is 5. The minimum absolute atomic E-state index is 0.113. The van der Waals surface area contributed by atoms with Crippen molar-refractivity contribution >= 4 is 5.69 Å². The highest BCUT2D eigenvalue weighted by molar-refractivity contribution is 5.48. The lowest BCUT2D eigenvalue weighted by Crippen LogP contribution is -2.48. The number of para-hydroxylation sites is 1. The van der Waals surface area contributed by atoms with Crippen molar-refractivity contribution in [2.45, 2.75) is 65.0 Å². The molecular formula is C21H33FN6. The minimum Gasteiger partial charge on any atom is -0.367 e. The quantitative estimate of drug-likeness (QED) is 0.684. The molecule has 1 saturated heterocycles. The predicted octanol–water partition coefficient (Wildman–Crippen LogP) is 4.01. The van der Waals surface area contributed by atoms with Gasteiger partial charge in [0.15, 0.2) is 5.82 Å². The number of rotatable bonds is 8. The van der Waals surface area contributed by atoms with E-state index in [1.54, 1.807) is 6.07 Å². The van der Waals surface area contributed by atoms with Crippen LogP contribution in [0.2, 0.25) is 0 Å². The van der Waals surface area contributed by atoms with Crippen LogP contribution in [0.4, 0.5) is 10.1 Å². The molecular weight excluding hydrogens is 355 g/mol. The van der Waals surface area contributed by atoms with Crippen molar-refractivity contribution in [2.24, 2.45) is 0 Å². The highest BCUT2D eigenvalue weighted by Gasteiger charge is 2.32. The Hall–Kier alpha value is -2.02. The smallest absolute Gasteiger partial charge is 0.168 e. The Bertz CT molecular complexity index is 751. The normalized spacial score (nSPS) is 17.1. The van der Waals surface area contributed by atoms with Gasteiger partial charge in [0, 0.05) is 26.2 Å². The number of piperazine rings is 1. The molecule has 0 radical (unpaired) electrons. The first-order valence-electron chi connectivity index (χ1n) is 10.5. The zero-order valence-electron chi connectivity index (χ0n) is 17.6. The van der Waals surface area contributed by atoms with E-state index in [1.807, 2.05) is 16.8 Å². The summed E-state index contributed by atoms with van der Waals surface area (Å²) < 4.78 is 16.2. The summed E-state index contributed by atoms with van der Waals surface area (Å²) in [6.07, 6.45) is 4.28. The minimum atomic E-state index is -0.146. The number of hydrogen-bond donors (Lipinski definition) is 0. The molecule has 6 nitrogen and oxygen atoms in total. The van der Waals surface area contributed by atoms with Crippen molar-refractivity contribution in [3.05, 3.63) is 35.9 Å². The Morgan fingerprint density at radius 1 is 1.11 bits per heavy atom. The van der Waals surface area contributed by atoms with Crippen LogP contribution in [0.15, 0.2) is 24.3 Å². The number of anilines is 1. The summed E-state index contributed by atoms with van der Waals surface area (Å²) in [4.78, 5) is 4.61. The molecule has 2 aromatic rings. The molecule has 2 heterocycles. The average molecular weight is 389 g/mol. The van der Waals surface area contributed by atoms with Crippen molar-refractivity contribution in [3.8, 4) is 0 Å². The first kappa shape index (κ1) is 20.7. The number of benzene rings is 1. The fraction of sp³-hybridized carbons (Fsp3) is 0.667. The highest BCUT2D eigenvalue weighted by Crippen LogP contribution is 2.31. The lowest BCUT2D eigenvalue weighted by Gasteiger charge is -2.40. The van der Waals surface area contributed by atoms with Crippen LogP contribution in [0.1, 0.15) is 65.2 Å². The number of unbranched alkanes of at least 4 members (excludes halogenated alkanes) is 1. The topological polar surface area (TPSA) is 50.1 Å². The van der Waals surface area contributed by atoms with Gasteiger partial charge in [-0.25, -0.2) is 9.07 Å². The molecule has 0 bridgehead atoms. The summed E-state index contributed by atoms with van der Waals surface area (Å²) in [6, 6.07) is 7.24. The van der Waals surface area contributed by atoms with Gasteiger partial charge in [0.1, 0.15) is 5.82 Å². The molecule has 3 rings (SSSR count). The molecule has 1 aliphatic rings. The molecule has 0 amide bonds. The van der Waals surface area contributed by atoms with Gasteiger partial charge in [0.2, 0.25) is 0 Å². The van der Waals surface area contributed by atoms with Gasteiger partial charge in [-0.1, -0.05) is 38.8 Å². The van der Waals surface area contributed by atoms with Crippen molar-refractivity contribution in [2.75, 3.05) is 31.1 Å². The van der Waals surface area contributed by atoms with Gasteiger partial charge in [0.25, 0.3) is 0 Å². The van der Waals surface area contributed by atoms with Crippen LogP contribution in [0, 0.1) is 5.82 Å².